The number of benzene rings is 4. The molecule has 0 nitrogen and oxygen atoms in total. The van der Waals surface area contributed by atoms with Gasteiger partial charge in [-0.3, -0.25) is 0 Å². The fourth-order valence-corrected chi connectivity index (χ4v) is 3.98. The van der Waals surface area contributed by atoms with Gasteiger partial charge in [0.25, 0.3) is 0 Å². The highest BCUT2D eigenvalue weighted by molar-refractivity contribution is 7.80. The standard InChI is InChI=1S/C23H18S2/c1-2-19(22-7-3-5-15-13-17(24)9-11-20(15)22)23-8-4-6-16-14-18(25)10-12-21(16)23/h2-14,19,24-25H,1H2. The van der Waals surface area contributed by atoms with Gasteiger partial charge in [-0.15, -0.1) is 31.8 Å². The van der Waals surface area contributed by atoms with Crippen LogP contribution in [0.2, 0.25) is 0 Å². The first-order chi connectivity index (χ1) is 12.2. The van der Waals surface area contributed by atoms with Crippen LogP contribution in [0.4, 0.5) is 0 Å². The van der Waals surface area contributed by atoms with E-state index in [0.29, 0.717) is 0 Å². The molecule has 0 unspecified atom stereocenters. The van der Waals surface area contributed by atoms with Crippen LogP contribution < -0.4 is 0 Å². The quantitative estimate of drug-likeness (QED) is 0.289. The smallest absolute Gasteiger partial charge is 0.0279 e. The highest BCUT2D eigenvalue weighted by Crippen LogP contribution is 2.36. The predicted molar refractivity (Wildman–Crippen MR) is 114 cm³/mol. The molecule has 122 valence electrons. The van der Waals surface area contributed by atoms with Crippen LogP contribution in [-0.2, 0) is 0 Å². The van der Waals surface area contributed by atoms with Crippen molar-refractivity contribution in [3.63, 3.8) is 0 Å². The second-order valence-electron chi connectivity index (χ2n) is 6.22. The van der Waals surface area contributed by atoms with Crippen molar-refractivity contribution in [1.82, 2.24) is 0 Å². The van der Waals surface area contributed by atoms with Crippen molar-refractivity contribution in [3.05, 3.63) is 96.6 Å². The highest BCUT2D eigenvalue weighted by atomic mass is 32.1. The van der Waals surface area contributed by atoms with E-state index >= 15 is 0 Å². The van der Waals surface area contributed by atoms with Crippen molar-refractivity contribution in [2.24, 2.45) is 0 Å². The molecule has 0 aliphatic heterocycles. The maximum atomic E-state index is 4.47. The average Bonchev–Trinajstić information content (AvgIpc) is 2.62. The maximum absolute atomic E-state index is 4.47. The minimum atomic E-state index is 0.129. The average molecular weight is 359 g/mol. The Hall–Kier alpha value is -2.16. The Morgan fingerprint density at radius 2 is 1.16 bits per heavy atom. The van der Waals surface area contributed by atoms with Crippen LogP contribution >= 0.6 is 25.3 Å². The van der Waals surface area contributed by atoms with Crippen molar-refractivity contribution >= 4 is 46.8 Å². The molecule has 0 aliphatic carbocycles. The van der Waals surface area contributed by atoms with Crippen LogP contribution in [0.5, 0.6) is 0 Å². The van der Waals surface area contributed by atoms with E-state index in [-0.39, 0.29) is 5.92 Å². The zero-order valence-electron chi connectivity index (χ0n) is 13.7. The summed E-state index contributed by atoms with van der Waals surface area (Å²) in [7, 11) is 0. The molecular weight excluding hydrogens is 340 g/mol. The van der Waals surface area contributed by atoms with E-state index < -0.39 is 0 Å². The Bertz CT molecular complexity index is 1010. The van der Waals surface area contributed by atoms with Gasteiger partial charge in [-0.2, -0.15) is 0 Å². The number of hydrogen-bond acceptors (Lipinski definition) is 2. The third-order valence-corrected chi connectivity index (χ3v) is 5.26. The van der Waals surface area contributed by atoms with Crippen LogP contribution in [-0.4, -0.2) is 0 Å². The number of thiol groups is 2. The van der Waals surface area contributed by atoms with E-state index in [0.717, 1.165) is 9.79 Å². The van der Waals surface area contributed by atoms with Crippen molar-refractivity contribution < 1.29 is 0 Å². The SMILES string of the molecule is C=CC(c1cccc2cc(S)ccc12)c1cccc2cc(S)ccc12. The summed E-state index contributed by atoms with van der Waals surface area (Å²) in [6.07, 6.45) is 2.03. The van der Waals surface area contributed by atoms with Gasteiger partial charge in [0.05, 0.1) is 0 Å². The van der Waals surface area contributed by atoms with Crippen LogP contribution in [0.3, 0.4) is 0 Å². The molecule has 2 heteroatoms. The summed E-state index contributed by atoms with van der Waals surface area (Å²) in [5.41, 5.74) is 2.53. The monoisotopic (exact) mass is 358 g/mol. The summed E-state index contributed by atoms with van der Waals surface area (Å²) in [6, 6.07) is 25.5. The summed E-state index contributed by atoms with van der Waals surface area (Å²) in [4.78, 5) is 1.96. The number of allylic oxidation sites excluding steroid dienone is 1. The van der Waals surface area contributed by atoms with Gasteiger partial charge in [-0.05, 0) is 56.9 Å². The summed E-state index contributed by atoms with van der Waals surface area (Å²) in [5, 5.41) is 4.89. The third-order valence-electron chi connectivity index (χ3n) is 4.70. The molecule has 0 amide bonds. The molecule has 0 N–H and O–H groups in total. The molecule has 0 spiro atoms. The van der Waals surface area contributed by atoms with Gasteiger partial charge in [-0.25, -0.2) is 0 Å². The van der Waals surface area contributed by atoms with Crippen molar-refractivity contribution in [1.29, 1.82) is 0 Å². The van der Waals surface area contributed by atoms with E-state index in [1.54, 1.807) is 0 Å². The first kappa shape index (κ1) is 16.3. The van der Waals surface area contributed by atoms with Gasteiger partial charge in [0.2, 0.25) is 0 Å². The second-order valence-corrected chi connectivity index (χ2v) is 7.25. The summed E-state index contributed by atoms with van der Waals surface area (Å²) in [5.74, 6) is 0.129. The Balaban J connectivity index is 1.97. The molecule has 4 rings (SSSR count). The zero-order valence-corrected chi connectivity index (χ0v) is 15.5. The Kier molecular flexibility index (Phi) is 4.32. The largest absolute Gasteiger partial charge is 0.143 e. The van der Waals surface area contributed by atoms with Crippen molar-refractivity contribution in [2.45, 2.75) is 15.7 Å². The van der Waals surface area contributed by atoms with Crippen molar-refractivity contribution in [2.75, 3.05) is 0 Å². The molecule has 0 heterocycles. The van der Waals surface area contributed by atoms with Gasteiger partial charge in [0, 0.05) is 15.7 Å². The lowest BCUT2D eigenvalue weighted by Crippen LogP contribution is -2.00. The molecule has 0 aromatic heterocycles. The Morgan fingerprint density at radius 3 is 1.60 bits per heavy atom. The summed E-state index contributed by atoms with van der Waals surface area (Å²) >= 11 is 8.94. The molecule has 0 saturated heterocycles. The predicted octanol–water partition coefficient (Wildman–Crippen LogP) is 6.89. The van der Waals surface area contributed by atoms with E-state index in [4.69, 9.17) is 0 Å². The van der Waals surface area contributed by atoms with Crippen LogP contribution in [0.1, 0.15) is 17.0 Å². The van der Waals surface area contributed by atoms with Crippen LogP contribution in [0.25, 0.3) is 21.5 Å². The lowest BCUT2D eigenvalue weighted by atomic mass is 9.85. The van der Waals surface area contributed by atoms with Gasteiger partial charge < -0.3 is 0 Å². The summed E-state index contributed by atoms with van der Waals surface area (Å²) in [6.45, 7) is 4.13. The van der Waals surface area contributed by atoms with E-state index in [1.807, 2.05) is 18.2 Å². The minimum absolute atomic E-state index is 0.129. The van der Waals surface area contributed by atoms with E-state index in [1.165, 1.54) is 32.7 Å². The summed E-state index contributed by atoms with van der Waals surface area (Å²) < 4.78 is 0. The zero-order chi connectivity index (χ0) is 17.4. The van der Waals surface area contributed by atoms with Gasteiger partial charge in [0.1, 0.15) is 0 Å². The highest BCUT2D eigenvalue weighted by Gasteiger charge is 2.16. The molecule has 0 saturated carbocycles. The molecule has 0 radical (unpaired) electrons. The van der Waals surface area contributed by atoms with Gasteiger partial charge in [-0.1, -0.05) is 54.6 Å². The molecule has 4 aromatic rings. The molecule has 25 heavy (non-hydrogen) atoms. The van der Waals surface area contributed by atoms with Crippen LogP contribution in [0, 0.1) is 0 Å². The molecule has 0 atom stereocenters. The third kappa shape index (κ3) is 2.97. The molecule has 0 aliphatic rings. The second kappa shape index (κ2) is 6.62. The normalized spacial score (nSPS) is 11.3. The molecular formula is C23H18S2. The Morgan fingerprint density at radius 1 is 0.680 bits per heavy atom. The van der Waals surface area contributed by atoms with E-state index in [2.05, 4.69) is 92.5 Å². The van der Waals surface area contributed by atoms with Gasteiger partial charge in [0.15, 0.2) is 0 Å². The first-order valence-corrected chi connectivity index (χ1v) is 9.12. The number of rotatable bonds is 3. The van der Waals surface area contributed by atoms with Crippen molar-refractivity contribution in [3.8, 4) is 0 Å². The molecule has 0 bridgehead atoms. The minimum Gasteiger partial charge on any atom is -0.143 e. The topological polar surface area (TPSA) is 0 Å². The molecule has 0 fully saturated rings. The fourth-order valence-electron chi connectivity index (χ4n) is 3.56. The Labute approximate surface area is 159 Å². The maximum Gasteiger partial charge on any atom is 0.0279 e. The van der Waals surface area contributed by atoms with Crippen LogP contribution in [0.15, 0.2) is 95.2 Å². The van der Waals surface area contributed by atoms with Gasteiger partial charge >= 0.3 is 0 Å². The first-order valence-electron chi connectivity index (χ1n) is 8.23. The lowest BCUT2D eigenvalue weighted by Gasteiger charge is -2.19. The lowest BCUT2D eigenvalue weighted by molar-refractivity contribution is 1.06. The molecule has 4 aromatic carbocycles. The fraction of sp³-hybridized carbons (Fsp3) is 0.0435. The number of hydrogen-bond donors (Lipinski definition) is 2. The van der Waals surface area contributed by atoms with E-state index in [9.17, 15) is 0 Å². The number of fused-ring (bicyclic) bond motifs is 2.